The van der Waals surface area contributed by atoms with Crippen LogP contribution < -0.4 is 20.3 Å². The number of ether oxygens (including phenoxy) is 2. The number of rotatable bonds is 5. The lowest BCUT2D eigenvalue weighted by molar-refractivity contribution is -0.128. The smallest absolute Gasteiger partial charge is 0.279 e. The van der Waals surface area contributed by atoms with E-state index in [0.29, 0.717) is 17.1 Å². The molecule has 0 saturated carbocycles. The van der Waals surface area contributed by atoms with Crippen LogP contribution in [-0.2, 0) is 4.79 Å². The lowest BCUT2D eigenvalue weighted by Gasteiger charge is -2.15. The Hall–Kier alpha value is -3.54. The molecular formula is C21H20N2O4. The van der Waals surface area contributed by atoms with Crippen LogP contribution in [0, 0.1) is 0 Å². The Kier molecular flexibility index (Phi) is 5.56. The normalized spacial score (nSPS) is 11.5. The van der Waals surface area contributed by atoms with Crippen LogP contribution in [0.2, 0.25) is 0 Å². The first-order valence-electron chi connectivity index (χ1n) is 8.46. The second-order valence-corrected chi connectivity index (χ2v) is 5.94. The average molecular weight is 364 g/mol. The molecule has 2 N–H and O–H groups in total. The van der Waals surface area contributed by atoms with Gasteiger partial charge in [-0.3, -0.25) is 20.4 Å². The van der Waals surface area contributed by atoms with Crippen LogP contribution in [0.4, 0.5) is 0 Å². The summed E-state index contributed by atoms with van der Waals surface area (Å²) < 4.78 is 10.8. The fraction of sp³-hybridized carbons (Fsp3) is 0.143. The summed E-state index contributed by atoms with van der Waals surface area (Å²) >= 11 is 0. The van der Waals surface area contributed by atoms with Gasteiger partial charge in [0.1, 0.15) is 11.5 Å². The highest BCUT2D eigenvalue weighted by molar-refractivity contribution is 5.96. The van der Waals surface area contributed by atoms with Gasteiger partial charge in [0.15, 0.2) is 6.10 Å². The van der Waals surface area contributed by atoms with E-state index >= 15 is 0 Å². The zero-order chi connectivity index (χ0) is 19.2. The van der Waals surface area contributed by atoms with Gasteiger partial charge in [-0.25, -0.2) is 0 Å². The number of fused-ring (bicyclic) bond motifs is 1. The largest absolute Gasteiger partial charge is 0.497 e. The molecule has 6 nitrogen and oxygen atoms in total. The van der Waals surface area contributed by atoms with Crippen molar-refractivity contribution in [2.75, 3.05) is 7.11 Å². The van der Waals surface area contributed by atoms with Gasteiger partial charge in [-0.15, -0.1) is 0 Å². The Morgan fingerprint density at radius 1 is 0.852 bits per heavy atom. The molecule has 6 heteroatoms. The van der Waals surface area contributed by atoms with E-state index in [0.717, 1.165) is 10.8 Å². The molecule has 0 saturated heterocycles. The Balaban J connectivity index is 1.57. The first-order valence-corrected chi connectivity index (χ1v) is 8.46. The third kappa shape index (κ3) is 4.55. The van der Waals surface area contributed by atoms with Gasteiger partial charge in [-0.05, 0) is 48.0 Å². The van der Waals surface area contributed by atoms with E-state index in [-0.39, 0.29) is 0 Å². The molecule has 0 heterocycles. The summed E-state index contributed by atoms with van der Waals surface area (Å²) in [6, 6.07) is 20.1. The molecule has 0 bridgehead atoms. The van der Waals surface area contributed by atoms with E-state index in [1.807, 2.05) is 36.4 Å². The van der Waals surface area contributed by atoms with Gasteiger partial charge >= 0.3 is 0 Å². The molecule has 0 aliphatic heterocycles. The molecule has 0 aliphatic carbocycles. The van der Waals surface area contributed by atoms with Gasteiger partial charge < -0.3 is 9.47 Å². The molecule has 0 aromatic heterocycles. The van der Waals surface area contributed by atoms with Gasteiger partial charge in [0.2, 0.25) is 0 Å². The molecule has 3 aromatic rings. The van der Waals surface area contributed by atoms with Crippen molar-refractivity contribution < 1.29 is 19.1 Å². The summed E-state index contributed by atoms with van der Waals surface area (Å²) in [7, 11) is 1.52. The number of carbonyl (C=O) groups excluding carboxylic acids is 2. The zero-order valence-electron chi connectivity index (χ0n) is 15.1. The number of benzene rings is 3. The van der Waals surface area contributed by atoms with Crippen molar-refractivity contribution in [3.05, 3.63) is 72.3 Å². The Bertz CT molecular complexity index is 971. The van der Waals surface area contributed by atoms with E-state index < -0.39 is 17.9 Å². The SMILES string of the molecule is COc1cccc(C(=O)NNC(=O)[C@@H](C)Oc2ccc3ccccc3c2)c1. The molecule has 0 radical (unpaired) electrons. The number of nitrogens with one attached hydrogen (secondary N) is 2. The van der Waals surface area contributed by atoms with Gasteiger partial charge in [0.25, 0.3) is 11.8 Å². The predicted octanol–water partition coefficient (Wildman–Crippen LogP) is 3.08. The summed E-state index contributed by atoms with van der Waals surface area (Å²) in [5.74, 6) is 0.233. The van der Waals surface area contributed by atoms with Gasteiger partial charge in [-0.1, -0.05) is 36.4 Å². The number of hydrazine groups is 1. The second-order valence-electron chi connectivity index (χ2n) is 5.94. The van der Waals surface area contributed by atoms with Gasteiger partial charge in [-0.2, -0.15) is 0 Å². The predicted molar refractivity (Wildman–Crippen MR) is 103 cm³/mol. The number of carbonyl (C=O) groups is 2. The minimum atomic E-state index is -0.781. The monoisotopic (exact) mass is 364 g/mol. The topological polar surface area (TPSA) is 76.7 Å². The van der Waals surface area contributed by atoms with Crippen LogP contribution in [0.1, 0.15) is 17.3 Å². The molecular weight excluding hydrogens is 344 g/mol. The zero-order valence-corrected chi connectivity index (χ0v) is 15.1. The highest BCUT2D eigenvalue weighted by atomic mass is 16.5. The molecule has 0 aliphatic rings. The van der Waals surface area contributed by atoms with E-state index in [9.17, 15) is 9.59 Å². The first kappa shape index (κ1) is 18.3. The first-order chi connectivity index (χ1) is 13.1. The number of hydrogen-bond acceptors (Lipinski definition) is 4. The maximum Gasteiger partial charge on any atom is 0.279 e. The van der Waals surface area contributed by atoms with E-state index in [1.54, 1.807) is 37.3 Å². The molecule has 0 fully saturated rings. The van der Waals surface area contributed by atoms with Crippen LogP contribution in [0.3, 0.4) is 0 Å². The van der Waals surface area contributed by atoms with Crippen molar-refractivity contribution in [1.82, 2.24) is 10.9 Å². The van der Waals surface area contributed by atoms with E-state index in [2.05, 4.69) is 10.9 Å². The van der Waals surface area contributed by atoms with E-state index in [1.165, 1.54) is 7.11 Å². The van der Waals surface area contributed by atoms with E-state index in [4.69, 9.17) is 9.47 Å². The lowest BCUT2D eigenvalue weighted by atomic mass is 10.1. The maximum atomic E-state index is 12.2. The van der Waals surface area contributed by atoms with Crippen molar-refractivity contribution >= 4 is 22.6 Å². The quantitative estimate of drug-likeness (QED) is 0.682. The van der Waals surface area contributed by atoms with Crippen LogP contribution in [0.15, 0.2) is 66.7 Å². The Morgan fingerprint density at radius 2 is 1.63 bits per heavy atom. The Morgan fingerprint density at radius 3 is 2.41 bits per heavy atom. The molecule has 3 aromatic carbocycles. The number of amides is 2. The fourth-order valence-electron chi connectivity index (χ4n) is 2.55. The van der Waals surface area contributed by atoms with Crippen molar-refractivity contribution in [3.63, 3.8) is 0 Å². The van der Waals surface area contributed by atoms with Crippen molar-refractivity contribution in [3.8, 4) is 11.5 Å². The van der Waals surface area contributed by atoms with Gasteiger partial charge in [0, 0.05) is 5.56 Å². The highest BCUT2D eigenvalue weighted by Gasteiger charge is 2.16. The molecule has 0 unspecified atom stereocenters. The number of hydrogen-bond donors (Lipinski definition) is 2. The summed E-state index contributed by atoms with van der Waals surface area (Å²) in [5.41, 5.74) is 5.12. The van der Waals surface area contributed by atoms with Crippen molar-refractivity contribution in [2.24, 2.45) is 0 Å². The maximum absolute atomic E-state index is 12.2. The molecule has 1 atom stereocenters. The molecule has 27 heavy (non-hydrogen) atoms. The van der Waals surface area contributed by atoms with Crippen molar-refractivity contribution in [2.45, 2.75) is 13.0 Å². The van der Waals surface area contributed by atoms with Crippen LogP contribution in [0.25, 0.3) is 10.8 Å². The summed E-state index contributed by atoms with van der Waals surface area (Å²) in [6.45, 7) is 1.61. The van der Waals surface area contributed by atoms with Crippen molar-refractivity contribution in [1.29, 1.82) is 0 Å². The molecule has 3 rings (SSSR count). The average Bonchev–Trinajstić information content (AvgIpc) is 2.71. The minimum Gasteiger partial charge on any atom is -0.497 e. The standard InChI is InChI=1S/C21H20N2O4/c1-14(27-19-11-10-15-6-3-4-7-16(15)12-19)20(24)22-23-21(25)17-8-5-9-18(13-17)26-2/h3-14H,1-2H3,(H,22,24)(H,23,25)/t14-/m1/s1. The third-order valence-corrected chi connectivity index (χ3v) is 4.03. The Labute approximate surface area is 157 Å². The van der Waals surface area contributed by atoms with Crippen LogP contribution >= 0.6 is 0 Å². The summed E-state index contributed by atoms with van der Waals surface area (Å²) in [4.78, 5) is 24.3. The lowest BCUT2D eigenvalue weighted by Crippen LogP contribution is -2.47. The number of methoxy groups -OCH3 is 1. The van der Waals surface area contributed by atoms with Crippen LogP contribution in [0.5, 0.6) is 11.5 Å². The summed E-state index contributed by atoms with van der Waals surface area (Å²) in [5, 5.41) is 2.11. The van der Waals surface area contributed by atoms with Crippen LogP contribution in [-0.4, -0.2) is 25.0 Å². The summed E-state index contributed by atoms with van der Waals surface area (Å²) in [6.07, 6.45) is -0.781. The second kappa shape index (κ2) is 8.23. The molecule has 138 valence electrons. The molecule has 0 spiro atoms. The minimum absolute atomic E-state index is 0.373. The third-order valence-electron chi connectivity index (χ3n) is 4.03. The fourth-order valence-corrected chi connectivity index (χ4v) is 2.55. The molecule has 2 amide bonds. The van der Waals surface area contributed by atoms with Gasteiger partial charge in [0.05, 0.1) is 7.11 Å². The highest BCUT2D eigenvalue weighted by Crippen LogP contribution is 2.21.